The topological polar surface area (TPSA) is 37.4 Å². The molecule has 0 amide bonds. The number of halogens is 1. The van der Waals surface area contributed by atoms with Gasteiger partial charge in [-0.3, -0.25) is 0 Å². The second kappa shape index (κ2) is 5.61. The average Bonchev–Trinajstić information content (AvgIpc) is 2.18. The van der Waals surface area contributed by atoms with Gasteiger partial charge in [0.25, 0.3) is 0 Å². The summed E-state index contributed by atoms with van der Waals surface area (Å²) in [5.41, 5.74) is 1.04. The number of hydrogen-bond donors (Lipinski definition) is 0. The summed E-state index contributed by atoms with van der Waals surface area (Å²) in [6.07, 6.45) is 0. The van der Waals surface area contributed by atoms with Crippen LogP contribution in [0.4, 0.5) is 0 Å². The summed E-state index contributed by atoms with van der Waals surface area (Å²) in [5, 5.41) is 0. The number of sulfonamides is 1. The fourth-order valence-corrected chi connectivity index (χ4v) is 11.3. The molecule has 6 heteroatoms. The Balaban J connectivity index is 3.01. The molecule has 0 atom stereocenters. The fourth-order valence-electron chi connectivity index (χ4n) is 1.12. The fraction of sp³-hybridized carbons (Fsp3) is 0.333. The molecule has 0 bridgehead atoms. The minimum absolute atomic E-state index is 0.288. The van der Waals surface area contributed by atoms with Crippen LogP contribution in [0.1, 0.15) is 12.5 Å². The molecule has 3 nitrogen and oxygen atoms in total. The predicted octanol–water partition coefficient (Wildman–Crippen LogP) is 2.58. The third-order valence-corrected chi connectivity index (χ3v) is 14.1. The second-order valence-electron chi connectivity index (χ2n) is 3.33. The van der Waals surface area contributed by atoms with Crippen molar-refractivity contribution in [3.05, 3.63) is 29.8 Å². The Morgan fingerprint density at radius 3 is 2.33 bits per heavy atom. The molecule has 0 radical (unpaired) electrons. The summed E-state index contributed by atoms with van der Waals surface area (Å²) in [4.78, 5) is 0.288. The Morgan fingerprint density at radius 1 is 1.33 bits per heavy atom. The van der Waals surface area contributed by atoms with E-state index >= 15 is 0 Å². The first-order chi connectivity index (χ1) is 6.98. The molecule has 15 heavy (non-hydrogen) atoms. The molecule has 1 aromatic rings. The summed E-state index contributed by atoms with van der Waals surface area (Å²) in [7, 11) is -3.42. The average molecular weight is 434 g/mol. The van der Waals surface area contributed by atoms with Crippen molar-refractivity contribution in [1.29, 1.82) is 0 Å². The summed E-state index contributed by atoms with van der Waals surface area (Å²) in [6, 6.07) is 6.76. The van der Waals surface area contributed by atoms with Crippen LogP contribution < -0.4 is 0 Å². The van der Waals surface area contributed by atoms with Crippen molar-refractivity contribution in [1.82, 2.24) is 1.59 Å². The monoisotopic (exact) mass is 435 g/mol. The number of nitrogens with zero attached hydrogens (tertiary/aromatic N) is 1. The first kappa shape index (κ1) is 13.4. The van der Waals surface area contributed by atoms with E-state index in [2.05, 4.69) is 0 Å². The maximum absolute atomic E-state index is 11.9. The Labute approximate surface area is 108 Å². The van der Waals surface area contributed by atoms with Gasteiger partial charge in [0.15, 0.2) is 0 Å². The van der Waals surface area contributed by atoms with Crippen LogP contribution >= 0.6 is 11.8 Å². The first-order valence-corrected chi connectivity index (χ1v) is 12.9. The first-order valence-electron chi connectivity index (χ1n) is 4.73. The van der Waals surface area contributed by atoms with Crippen LogP contribution in [0.25, 0.3) is 0 Å². The summed E-state index contributed by atoms with van der Waals surface area (Å²) < 4.78 is 25.8. The summed E-state index contributed by atoms with van der Waals surface area (Å²) in [6.45, 7) is 3.89. The van der Waals surface area contributed by atoms with Crippen LogP contribution in [0.3, 0.4) is 0 Å². The zero-order valence-corrected chi connectivity index (χ0v) is 15.8. The van der Waals surface area contributed by atoms with Crippen molar-refractivity contribution in [3.63, 3.8) is 0 Å². The molecule has 0 aliphatic rings. The molecule has 0 aliphatic heterocycles. The Kier molecular flexibility index (Phi) is 5.02. The molecule has 1 rings (SSSR count). The number of rotatable bonds is 4. The molecule has 0 unspecified atom stereocenters. The summed E-state index contributed by atoms with van der Waals surface area (Å²) >= 11 is 4.16. The Hall–Kier alpha value is 0.355. The third kappa shape index (κ3) is 3.41. The van der Waals surface area contributed by atoms with Gasteiger partial charge in [-0.1, -0.05) is 0 Å². The quantitative estimate of drug-likeness (QED) is 0.540. The van der Waals surface area contributed by atoms with Crippen LogP contribution in [0, 0.1) is 6.92 Å². The Morgan fingerprint density at radius 2 is 1.87 bits per heavy atom. The van der Waals surface area contributed by atoms with Crippen molar-refractivity contribution < 1.29 is 33.3 Å². The normalized spacial score (nSPS) is 11.5. The van der Waals surface area contributed by atoms with E-state index in [-0.39, 0.29) is 4.90 Å². The van der Waals surface area contributed by atoms with Crippen LogP contribution in [-0.4, -0.2) is 10.0 Å². The molecule has 1 aromatic carbocycles. The third-order valence-electron chi connectivity index (χ3n) is 1.98. The standard InChI is InChI=1S/C7H7ClNO2S.C2H5.Hg/c1-6-2-4-7(5-3-6)12(10,11)9-8;1-2;/h2-5H,1H3;1H2,2H3;/q-1;;+1. The van der Waals surface area contributed by atoms with Crippen LogP contribution in [0.5, 0.6) is 0 Å². The zero-order chi connectivity index (χ0) is 11.5. The number of aryl methyl sites for hydroxylation is 1. The van der Waals surface area contributed by atoms with Gasteiger partial charge < -0.3 is 0 Å². The van der Waals surface area contributed by atoms with E-state index in [0.29, 0.717) is 0 Å². The van der Waals surface area contributed by atoms with Crippen LogP contribution in [0.15, 0.2) is 29.2 Å². The van der Waals surface area contributed by atoms with E-state index in [0.717, 1.165) is 11.1 Å². The Bertz CT molecular complexity index is 418. The van der Waals surface area contributed by atoms with E-state index < -0.39 is 34.9 Å². The van der Waals surface area contributed by atoms with E-state index in [1.165, 1.54) is 0 Å². The van der Waals surface area contributed by atoms with Gasteiger partial charge in [-0.2, -0.15) is 0 Å². The van der Waals surface area contributed by atoms with Gasteiger partial charge in [-0.15, -0.1) is 0 Å². The van der Waals surface area contributed by atoms with Crippen LogP contribution in [-0.2, 0) is 34.9 Å². The van der Waals surface area contributed by atoms with Gasteiger partial charge in [0.1, 0.15) is 0 Å². The minimum atomic E-state index is -3.42. The molecule has 80 valence electrons. The number of benzene rings is 1. The molecule has 0 aromatic heterocycles. The zero-order valence-electron chi connectivity index (χ0n) is 8.77. The second-order valence-corrected chi connectivity index (χ2v) is 17.2. The number of hydrogen-bond acceptors (Lipinski definition) is 2. The molecule has 0 spiro atoms. The van der Waals surface area contributed by atoms with Crippen molar-refractivity contribution >= 4 is 21.8 Å². The van der Waals surface area contributed by atoms with Crippen molar-refractivity contribution in [2.75, 3.05) is 0 Å². The maximum atomic E-state index is 11.9. The predicted molar refractivity (Wildman–Crippen MR) is 56.5 cm³/mol. The van der Waals surface area contributed by atoms with E-state index in [1.807, 2.05) is 13.8 Å². The van der Waals surface area contributed by atoms with Crippen molar-refractivity contribution in [2.24, 2.45) is 0 Å². The molecule has 0 fully saturated rings. The molecule has 0 aliphatic carbocycles. The van der Waals surface area contributed by atoms with Gasteiger partial charge in [0.05, 0.1) is 0 Å². The van der Waals surface area contributed by atoms with Gasteiger partial charge >= 0.3 is 109 Å². The van der Waals surface area contributed by atoms with Crippen molar-refractivity contribution in [2.45, 2.75) is 22.7 Å². The van der Waals surface area contributed by atoms with E-state index in [1.54, 1.807) is 24.3 Å². The summed E-state index contributed by atoms with van der Waals surface area (Å²) in [5.74, 6) is 0. The van der Waals surface area contributed by atoms with E-state index in [9.17, 15) is 8.42 Å². The van der Waals surface area contributed by atoms with Crippen molar-refractivity contribution in [3.8, 4) is 0 Å². The molecule has 0 saturated carbocycles. The SMILES string of the molecule is C[CH2][Hg][N](Cl)S(=O)(=O)c1ccc(C)cc1. The van der Waals surface area contributed by atoms with E-state index in [4.69, 9.17) is 11.8 Å². The molecule has 0 N–H and O–H groups in total. The van der Waals surface area contributed by atoms with Gasteiger partial charge in [-0.05, 0) is 0 Å². The van der Waals surface area contributed by atoms with Crippen LogP contribution in [0.2, 0.25) is 3.93 Å². The van der Waals surface area contributed by atoms with Gasteiger partial charge in [0, 0.05) is 0 Å². The van der Waals surface area contributed by atoms with Gasteiger partial charge in [0.2, 0.25) is 0 Å². The molecular weight excluding hydrogens is 422 g/mol. The molecule has 0 heterocycles. The molecular formula is C9H12ClHgNO2S. The van der Waals surface area contributed by atoms with Gasteiger partial charge in [-0.25, -0.2) is 0 Å². The molecule has 0 saturated heterocycles.